The van der Waals surface area contributed by atoms with Gasteiger partial charge in [-0.25, -0.2) is 0 Å². The number of aliphatic hydroxyl groups is 1. The molecular weight excluding hydrogens is 248 g/mol. The number of likely N-dealkylation sites (N-methyl/N-ethyl adjacent to an activating group) is 2. The SMILES string of the molecule is CN(CC(=O)N(C)C)Cc1ccc(C#CCO)s1. The van der Waals surface area contributed by atoms with Crippen molar-refractivity contribution < 1.29 is 9.90 Å². The molecule has 0 unspecified atom stereocenters. The van der Waals surface area contributed by atoms with Crippen LogP contribution >= 0.6 is 11.3 Å². The van der Waals surface area contributed by atoms with Gasteiger partial charge in [0.05, 0.1) is 11.4 Å². The summed E-state index contributed by atoms with van der Waals surface area (Å²) in [5, 5.41) is 8.61. The van der Waals surface area contributed by atoms with Crippen molar-refractivity contribution in [2.75, 3.05) is 34.3 Å². The Morgan fingerprint density at radius 1 is 1.39 bits per heavy atom. The third-order valence-corrected chi connectivity index (χ3v) is 3.27. The van der Waals surface area contributed by atoms with Crippen molar-refractivity contribution in [1.29, 1.82) is 0 Å². The zero-order chi connectivity index (χ0) is 13.5. The van der Waals surface area contributed by atoms with Crippen LogP contribution in [0.15, 0.2) is 12.1 Å². The Hall–Kier alpha value is -1.35. The van der Waals surface area contributed by atoms with Crippen molar-refractivity contribution >= 4 is 17.2 Å². The number of carbonyl (C=O) groups excluding carboxylic acids is 1. The Bertz CT molecular complexity index is 457. The van der Waals surface area contributed by atoms with Crippen molar-refractivity contribution in [1.82, 2.24) is 9.80 Å². The van der Waals surface area contributed by atoms with E-state index < -0.39 is 0 Å². The minimum atomic E-state index is -0.121. The molecule has 0 aliphatic rings. The van der Waals surface area contributed by atoms with Crippen LogP contribution in [0.4, 0.5) is 0 Å². The third-order valence-electron chi connectivity index (χ3n) is 2.28. The minimum absolute atomic E-state index is 0.0920. The molecule has 0 aliphatic heterocycles. The first-order valence-electron chi connectivity index (χ1n) is 5.60. The molecule has 4 nitrogen and oxygen atoms in total. The molecule has 1 heterocycles. The first-order chi connectivity index (χ1) is 8.52. The second-order valence-corrected chi connectivity index (χ2v) is 5.35. The maximum absolute atomic E-state index is 11.5. The van der Waals surface area contributed by atoms with E-state index in [-0.39, 0.29) is 12.5 Å². The highest BCUT2D eigenvalue weighted by Gasteiger charge is 2.09. The normalized spacial score (nSPS) is 10.1. The minimum Gasteiger partial charge on any atom is -0.384 e. The molecule has 1 aromatic heterocycles. The number of hydrogen-bond acceptors (Lipinski definition) is 4. The van der Waals surface area contributed by atoms with Gasteiger partial charge in [-0.2, -0.15) is 0 Å². The van der Waals surface area contributed by atoms with Crippen molar-refractivity contribution in [3.8, 4) is 11.8 Å². The van der Waals surface area contributed by atoms with Crippen molar-refractivity contribution in [2.45, 2.75) is 6.54 Å². The molecule has 0 aliphatic carbocycles. The fourth-order valence-corrected chi connectivity index (χ4v) is 2.31. The van der Waals surface area contributed by atoms with Crippen LogP contribution in [0.25, 0.3) is 0 Å². The number of aliphatic hydroxyl groups excluding tert-OH is 1. The van der Waals surface area contributed by atoms with Gasteiger partial charge in [0.2, 0.25) is 5.91 Å². The van der Waals surface area contributed by atoms with E-state index in [1.165, 1.54) is 0 Å². The van der Waals surface area contributed by atoms with E-state index in [4.69, 9.17) is 5.11 Å². The smallest absolute Gasteiger partial charge is 0.236 e. The molecule has 0 saturated carbocycles. The zero-order valence-electron chi connectivity index (χ0n) is 10.9. The standard InChI is InChI=1S/C13H18N2O2S/c1-14(2)13(17)10-15(3)9-12-7-6-11(18-12)5-4-8-16/h6-7,16H,8-10H2,1-3H3. The summed E-state index contributed by atoms with van der Waals surface area (Å²) in [6, 6.07) is 3.94. The van der Waals surface area contributed by atoms with Gasteiger partial charge in [0.1, 0.15) is 6.61 Å². The van der Waals surface area contributed by atoms with Crippen LogP contribution in [-0.4, -0.2) is 55.1 Å². The predicted molar refractivity (Wildman–Crippen MR) is 73.3 cm³/mol. The molecule has 5 heteroatoms. The predicted octanol–water partition coefficient (Wildman–Crippen LogP) is 0.612. The molecule has 1 rings (SSSR count). The Morgan fingerprint density at radius 3 is 2.72 bits per heavy atom. The summed E-state index contributed by atoms with van der Waals surface area (Å²) in [5.41, 5.74) is 0. The van der Waals surface area contributed by atoms with Gasteiger partial charge < -0.3 is 10.0 Å². The molecule has 0 spiro atoms. The zero-order valence-corrected chi connectivity index (χ0v) is 11.8. The van der Waals surface area contributed by atoms with Gasteiger partial charge in [-0.1, -0.05) is 11.8 Å². The third kappa shape index (κ3) is 4.88. The second kappa shape index (κ2) is 7.17. The van der Waals surface area contributed by atoms with E-state index >= 15 is 0 Å². The summed E-state index contributed by atoms with van der Waals surface area (Å²) < 4.78 is 0. The van der Waals surface area contributed by atoms with Crippen LogP contribution in [-0.2, 0) is 11.3 Å². The second-order valence-electron chi connectivity index (χ2n) is 4.19. The van der Waals surface area contributed by atoms with Crippen LogP contribution in [0.3, 0.4) is 0 Å². The fraction of sp³-hybridized carbons (Fsp3) is 0.462. The Morgan fingerprint density at radius 2 is 2.11 bits per heavy atom. The number of hydrogen-bond donors (Lipinski definition) is 1. The molecular formula is C13H18N2O2S. The van der Waals surface area contributed by atoms with Crippen molar-refractivity contribution in [3.63, 3.8) is 0 Å². The van der Waals surface area contributed by atoms with Gasteiger partial charge in [-0.15, -0.1) is 11.3 Å². The number of carbonyl (C=O) groups is 1. The van der Waals surface area contributed by atoms with Gasteiger partial charge in [0, 0.05) is 25.5 Å². The van der Waals surface area contributed by atoms with Gasteiger partial charge in [0.25, 0.3) is 0 Å². The van der Waals surface area contributed by atoms with Crippen LogP contribution < -0.4 is 0 Å². The lowest BCUT2D eigenvalue weighted by atomic mass is 10.4. The monoisotopic (exact) mass is 266 g/mol. The van der Waals surface area contributed by atoms with E-state index in [1.54, 1.807) is 30.3 Å². The molecule has 18 heavy (non-hydrogen) atoms. The largest absolute Gasteiger partial charge is 0.384 e. The van der Waals surface area contributed by atoms with Gasteiger partial charge >= 0.3 is 0 Å². The highest BCUT2D eigenvalue weighted by molar-refractivity contribution is 7.12. The number of rotatable bonds is 4. The Kier molecular flexibility index (Phi) is 5.86. The van der Waals surface area contributed by atoms with E-state index in [9.17, 15) is 4.79 Å². The number of nitrogens with zero attached hydrogens (tertiary/aromatic N) is 2. The van der Waals surface area contributed by atoms with Gasteiger partial charge in [-0.3, -0.25) is 9.69 Å². The summed E-state index contributed by atoms with van der Waals surface area (Å²) in [6.07, 6.45) is 0. The lowest BCUT2D eigenvalue weighted by molar-refractivity contribution is -0.129. The average Bonchev–Trinajstić information content (AvgIpc) is 2.73. The van der Waals surface area contributed by atoms with Crippen molar-refractivity contribution in [3.05, 3.63) is 21.9 Å². The van der Waals surface area contributed by atoms with E-state index in [2.05, 4.69) is 11.8 Å². The topological polar surface area (TPSA) is 43.8 Å². The summed E-state index contributed by atoms with van der Waals surface area (Å²) in [7, 11) is 5.42. The van der Waals surface area contributed by atoms with Gasteiger partial charge in [-0.05, 0) is 19.2 Å². The van der Waals surface area contributed by atoms with Crippen LogP contribution in [0.5, 0.6) is 0 Å². The van der Waals surface area contributed by atoms with E-state index in [0.717, 1.165) is 16.3 Å². The first-order valence-corrected chi connectivity index (χ1v) is 6.41. The van der Waals surface area contributed by atoms with Crippen molar-refractivity contribution in [2.24, 2.45) is 0 Å². The van der Waals surface area contributed by atoms with E-state index in [0.29, 0.717) is 6.54 Å². The maximum Gasteiger partial charge on any atom is 0.236 e. The highest BCUT2D eigenvalue weighted by Crippen LogP contribution is 2.16. The molecule has 0 bridgehead atoms. The average molecular weight is 266 g/mol. The number of amides is 1. The molecule has 0 saturated heterocycles. The van der Waals surface area contributed by atoms with Gasteiger partial charge in [0.15, 0.2) is 0 Å². The molecule has 1 N–H and O–H groups in total. The maximum atomic E-state index is 11.5. The summed E-state index contributed by atoms with van der Waals surface area (Å²) in [4.78, 5) is 17.2. The number of thiophene rings is 1. The molecule has 1 aromatic rings. The molecule has 0 aromatic carbocycles. The molecule has 0 radical (unpaired) electrons. The summed E-state index contributed by atoms with van der Waals surface area (Å²) >= 11 is 1.59. The highest BCUT2D eigenvalue weighted by atomic mass is 32.1. The Labute approximate surface area is 112 Å². The van der Waals surface area contributed by atoms with Crippen LogP contribution in [0.2, 0.25) is 0 Å². The summed E-state index contributed by atoms with van der Waals surface area (Å²) in [5.74, 6) is 5.58. The molecule has 98 valence electrons. The van der Waals surface area contributed by atoms with Crippen LogP contribution in [0.1, 0.15) is 9.75 Å². The lowest BCUT2D eigenvalue weighted by Gasteiger charge is -2.17. The molecule has 0 atom stereocenters. The van der Waals surface area contributed by atoms with E-state index in [1.807, 2.05) is 24.1 Å². The summed E-state index contributed by atoms with van der Waals surface area (Å²) in [6.45, 7) is 1.01. The Balaban J connectivity index is 2.52. The quantitative estimate of drug-likeness (QED) is 0.812. The first kappa shape index (κ1) is 14.7. The van der Waals surface area contributed by atoms with Crippen LogP contribution in [0, 0.1) is 11.8 Å². The molecule has 1 amide bonds. The molecule has 0 fully saturated rings. The fourth-order valence-electron chi connectivity index (χ4n) is 1.35. The lowest BCUT2D eigenvalue weighted by Crippen LogP contribution is -2.33.